The van der Waals surface area contributed by atoms with E-state index >= 15 is 0 Å². The highest BCUT2D eigenvalue weighted by Gasteiger charge is 2.32. The molecule has 0 aliphatic heterocycles. The van der Waals surface area contributed by atoms with Gasteiger partial charge in [-0.3, -0.25) is 0 Å². The van der Waals surface area contributed by atoms with E-state index in [0.29, 0.717) is 11.5 Å². The summed E-state index contributed by atoms with van der Waals surface area (Å²) in [5, 5.41) is 9.14. The van der Waals surface area contributed by atoms with Crippen LogP contribution in [0.15, 0.2) is 53.0 Å². The second-order valence-electron chi connectivity index (χ2n) is 8.80. The Hall–Kier alpha value is -1.87. The molecule has 0 saturated heterocycles. The fourth-order valence-electron chi connectivity index (χ4n) is 3.85. The van der Waals surface area contributed by atoms with E-state index < -0.39 is 5.97 Å². The molecule has 27 heavy (non-hydrogen) atoms. The zero-order valence-corrected chi connectivity index (χ0v) is 18.2. The number of rotatable bonds is 4. The summed E-state index contributed by atoms with van der Waals surface area (Å²) in [5.74, 6) is -0.560. The SMILES string of the molecule is C[C@@H](Cc1ccc(C(=O)O)cc1Br)c1ccc2c(c1)C(C)(C)C=CC2(C)C. The average Bonchev–Trinajstić information content (AvgIpc) is 2.60. The molecule has 0 aromatic heterocycles. The quantitative estimate of drug-likeness (QED) is 0.557. The highest BCUT2D eigenvalue weighted by molar-refractivity contribution is 9.10. The summed E-state index contributed by atoms with van der Waals surface area (Å²) >= 11 is 3.54. The molecule has 2 aromatic rings. The Balaban J connectivity index is 1.91. The average molecular weight is 427 g/mol. The molecule has 0 unspecified atom stereocenters. The van der Waals surface area contributed by atoms with Crippen molar-refractivity contribution < 1.29 is 9.90 Å². The molecule has 1 aliphatic carbocycles. The smallest absolute Gasteiger partial charge is 0.335 e. The van der Waals surface area contributed by atoms with E-state index in [1.54, 1.807) is 12.1 Å². The van der Waals surface area contributed by atoms with Crippen molar-refractivity contribution in [1.29, 1.82) is 0 Å². The van der Waals surface area contributed by atoms with Crippen LogP contribution in [0.4, 0.5) is 0 Å². The van der Waals surface area contributed by atoms with E-state index in [1.807, 2.05) is 6.07 Å². The van der Waals surface area contributed by atoms with Crippen molar-refractivity contribution in [3.63, 3.8) is 0 Å². The fourth-order valence-corrected chi connectivity index (χ4v) is 4.39. The summed E-state index contributed by atoms with van der Waals surface area (Å²) in [6, 6.07) is 12.2. The number of halogens is 1. The van der Waals surface area contributed by atoms with Crippen LogP contribution in [0.2, 0.25) is 0 Å². The summed E-state index contributed by atoms with van der Waals surface area (Å²) < 4.78 is 0.858. The molecule has 0 radical (unpaired) electrons. The molecule has 3 rings (SSSR count). The molecule has 2 aromatic carbocycles. The molecule has 2 nitrogen and oxygen atoms in total. The van der Waals surface area contributed by atoms with Crippen molar-refractivity contribution in [1.82, 2.24) is 0 Å². The van der Waals surface area contributed by atoms with E-state index in [0.717, 1.165) is 16.5 Å². The van der Waals surface area contributed by atoms with E-state index in [4.69, 9.17) is 5.11 Å². The topological polar surface area (TPSA) is 37.3 Å². The van der Waals surface area contributed by atoms with Gasteiger partial charge in [0.15, 0.2) is 0 Å². The van der Waals surface area contributed by atoms with Crippen molar-refractivity contribution in [2.24, 2.45) is 0 Å². The van der Waals surface area contributed by atoms with Crippen molar-refractivity contribution in [2.75, 3.05) is 0 Å². The minimum Gasteiger partial charge on any atom is -0.478 e. The second kappa shape index (κ2) is 6.94. The van der Waals surface area contributed by atoms with E-state index in [2.05, 4.69) is 80.9 Å². The molecule has 3 heteroatoms. The normalized spacial score (nSPS) is 18.0. The van der Waals surface area contributed by atoms with Gasteiger partial charge in [0.1, 0.15) is 0 Å². The van der Waals surface area contributed by atoms with Crippen molar-refractivity contribution in [3.05, 3.63) is 80.8 Å². The number of aromatic carboxylic acids is 1. The van der Waals surface area contributed by atoms with Crippen LogP contribution in [-0.2, 0) is 17.3 Å². The third-order valence-corrected chi connectivity index (χ3v) is 6.48. The Bertz CT molecular complexity index is 922. The van der Waals surface area contributed by atoms with Crippen LogP contribution in [0.1, 0.15) is 73.1 Å². The molecule has 0 saturated carbocycles. The first kappa shape index (κ1) is 19.9. The standard InChI is InChI=1S/C24H27BrO2/c1-15(12-17-6-7-18(22(26)27)14-21(17)25)16-8-9-19-20(13-16)24(4,5)11-10-23(19,2)3/h6-11,13-15H,12H2,1-5H3,(H,26,27)/t15-/m0/s1. The Morgan fingerprint density at radius 1 is 1.00 bits per heavy atom. The molecule has 142 valence electrons. The highest BCUT2D eigenvalue weighted by atomic mass is 79.9. The van der Waals surface area contributed by atoms with Gasteiger partial charge < -0.3 is 5.11 Å². The summed E-state index contributed by atoms with van der Waals surface area (Å²) in [7, 11) is 0. The predicted octanol–water partition coefficient (Wildman–Crippen LogP) is 6.62. The number of hydrogen-bond donors (Lipinski definition) is 1. The van der Waals surface area contributed by atoms with E-state index in [-0.39, 0.29) is 10.8 Å². The lowest BCUT2D eigenvalue weighted by atomic mass is 9.67. The number of hydrogen-bond acceptors (Lipinski definition) is 1. The summed E-state index contributed by atoms with van der Waals surface area (Å²) in [5.41, 5.74) is 5.65. The molecule has 1 aliphatic rings. The maximum atomic E-state index is 11.1. The van der Waals surface area contributed by atoms with Crippen LogP contribution < -0.4 is 0 Å². The first-order valence-corrected chi connectivity index (χ1v) is 10.2. The number of carbonyl (C=O) groups is 1. The fraction of sp³-hybridized carbons (Fsp3) is 0.375. The van der Waals surface area contributed by atoms with Gasteiger partial charge in [0, 0.05) is 15.3 Å². The largest absolute Gasteiger partial charge is 0.478 e. The molecule has 0 amide bonds. The summed E-state index contributed by atoms with van der Waals surface area (Å²) in [6.07, 6.45) is 5.50. The predicted molar refractivity (Wildman–Crippen MR) is 115 cm³/mol. The van der Waals surface area contributed by atoms with Crippen LogP contribution in [0, 0.1) is 0 Å². The van der Waals surface area contributed by atoms with E-state index in [1.165, 1.54) is 16.7 Å². The molecular formula is C24H27BrO2. The molecule has 1 atom stereocenters. The molecule has 0 spiro atoms. The number of allylic oxidation sites excluding steroid dienone is 2. The van der Waals surface area contributed by atoms with Gasteiger partial charge in [-0.25, -0.2) is 4.79 Å². The Kier molecular flexibility index (Phi) is 5.11. The number of carboxylic acid groups (broad SMARTS) is 1. The lowest BCUT2D eigenvalue weighted by Gasteiger charge is -2.37. The molecular weight excluding hydrogens is 400 g/mol. The van der Waals surface area contributed by atoms with Gasteiger partial charge in [-0.05, 0) is 46.7 Å². The Labute approximate surface area is 170 Å². The lowest BCUT2D eigenvalue weighted by Crippen LogP contribution is -2.29. The zero-order valence-electron chi connectivity index (χ0n) is 16.6. The number of benzene rings is 2. The Morgan fingerprint density at radius 2 is 1.63 bits per heavy atom. The van der Waals surface area contributed by atoms with Crippen molar-refractivity contribution in [2.45, 2.75) is 57.8 Å². The summed E-state index contributed by atoms with van der Waals surface area (Å²) in [6.45, 7) is 11.3. The minimum absolute atomic E-state index is 0.0320. The third-order valence-electron chi connectivity index (χ3n) is 5.74. The minimum atomic E-state index is -0.900. The van der Waals surface area contributed by atoms with Gasteiger partial charge in [-0.15, -0.1) is 0 Å². The van der Waals surface area contributed by atoms with Crippen LogP contribution in [0.5, 0.6) is 0 Å². The number of carboxylic acids is 1. The third kappa shape index (κ3) is 3.89. The first-order chi connectivity index (χ1) is 12.5. The van der Waals surface area contributed by atoms with Crippen LogP contribution >= 0.6 is 15.9 Å². The van der Waals surface area contributed by atoms with Gasteiger partial charge in [0.05, 0.1) is 5.56 Å². The Morgan fingerprint density at radius 3 is 2.22 bits per heavy atom. The van der Waals surface area contributed by atoms with Gasteiger partial charge >= 0.3 is 5.97 Å². The second-order valence-corrected chi connectivity index (χ2v) is 9.65. The van der Waals surface area contributed by atoms with Crippen molar-refractivity contribution >= 4 is 21.9 Å². The lowest BCUT2D eigenvalue weighted by molar-refractivity contribution is 0.0697. The summed E-state index contributed by atoms with van der Waals surface area (Å²) in [4.78, 5) is 11.1. The van der Waals surface area contributed by atoms with Crippen LogP contribution in [-0.4, -0.2) is 11.1 Å². The maximum Gasteiger partial charge on any atom is 0.335 e. The molecule has 0 bridgehead atoms. The van der Waals surface area contributed by atoms with E-state index in [9.17, 15) is 4.79 Å². The van der Waals surface area contributed by atoms with Crippen molar-refractivity contribution in [3.8, 4) is 0 Å². The van der Waals surface area contributed by atoms with Gasteiger partial charge in [0.2, 0.25) is 0 Å². The van der Waals surface area contributed by atoms with Gasteiger partial charge in [-0.2, -0.15) is 0 Å². The first-order valence-electron chi connectivity index (χ1n) is 9.38. The molecule has 1 N–H and O–H groups in total. The van der Waals surface area contributed by atoms with Crippen LogP contribution in [0.25, 0.3) is 0 Å². The molecule has 0 fully saturated rings. The zero-order chi connectivity index (χ0) is 20.0. The van der Waals surface area contributed by atoms with Gasteiger partial charge in [-0.1, -0.05) is 87.0 Å². The monoisotopic (exact) mass is 426 g/mol. The van der Waals surface area contributed by atoms with Gasteiger partial charge in [0.25, 0.3) is 0 Å². The highest BCUT2D eigenvalue weighted by Crippen LogP contribution is 2.42. The molecule has 0 heterocycles. The number of fused-ring (bicyclic) bond motifs is 1. The van der Waals surface area contributed by atoms with Crippen LogP contribution in [0.3, 0.4) is 0 Å². The maximum absolute atomic E-state index is 11.1.